The number of pyridine rings is 1. The van der Waals surface area contributed by atoms with Gasteiger partial charge in [0.25, 0.3) is 5.91 Å². The van der Waals surface area contributed by atoms with Crippen molar-refractivity contribution < 1.29 is 22.0 Å². The molecule has 7 nitrogen and oxygen atoms in total. The van der Waals surface area contributed by atoms with Crippen LogP contribution in [0.5, 0.6) is 0 Å². The molecule has 0 radical (unpaired) electrons. The summed E-state index contributed by atoms with van der Waals surface area (Å²) in [5.41, 5.74) is 0.756. The zero-order chi connectivity index (χ0) is 24.7. The van der Waals surface area contributed by atoms with E-state index < -0.39 is 27.6 Å². The van der Waals surface area contributed by atoms with E-state index in [0.29, 0.717) is 5.69 Å². The number of benzene rings is 2. The van der Waals surface area contributed by atoms with Crippen LogP contribution in [-0.4, -0.2) is 41.7 Å². The number of hydrogen-bond donors (Lipinski definition) is 0. The van der Waals surface area contributed by atoms with Crippen molar-refractivity contribution >= 4 is 42.6 Å². The average molecular weight is 515 g/mol. The first-order valence-electron chi connectivity index (χ1n) is 10.8. The second-order valence-corrected chi connectivity index (χ2v) is 11.2. The fourth-order valence-corrected chi connectivity index (χ4v) is 6.09. The molecule has 0 saturated heterocycles. The third-order valence-corrected chi connectivity index (χ3v) is 8.71. The van der Waals surface area contributed by atoms with Gasteiger partial charge in [-0.15, -0.1) is 0 Å². The SMILES string of the molecule is CN(C1CC1)S(=O)(=O)c1ccc(C(=O)N(Cc2ccccn2)c2nc3c(F)cc(F)cc3s2)cc1. The molecule has 1 amide bonds. The Morgan fingerprint density at radius 2 is 1.86 bits per heavy atom. The molecule has 2 heterocycles. The summed E-state index contributed by atoms with van der Waals surface area (Å²) in [5.74, 6) is -2.03. The predicted molar refractivity (Wildman–Crippen MR) is 129 cm³/mol. The summed E-state index contributed by atoms with van der Waals surface area (Å²) < 4.78 is 55.2. The van der Waals surface area contributed by atoms with Crippen molar-refractivity contribution in [2.24, 2.45) is 0 Å². The molecule has 0 N–H and O–H groups in total. The van der Waals surface area contributed by atoms with Gasteiger partial charge in [-0.2, -0.15) is 4.31 Å². The zero-order valence-electron chi connectivity index (χ0n) is 18.6. The first-order chi connectivity index (χ1) is 16.7. The monoisotopic (exact) mass is 514 g/mol. The number of fused-ring (bicyclic) bond motifs is 1. The van der Waals surface area contributed by atoms with Crippen LogP contribution < -0.4 is 4.90 Å². The fraction of sp³-hybridized carbons (Fsp3) is 0.208. The van der Waals surface area contributed by atoms with Crippen LogP contribution >= 0.6 is 11.3 Å². The molecule has 2 aromatic heterocycles. The number of rotatable bonds is 7. The van der Waals surface area contributed by atoms with Gasteiger partial charge in [-0.05, 0) is 55.3 Å². The minimum atomic E-state index is -3.65. The molecule has 0 atom stereocenters. The number of amides is 1. The number of nitrogens with zero attached hydrogens (tertiary/aromatic N) is 4. The Hall–Kier alpha value is -3.28. The largest absolute Gasteiger partial charge is 0.278 e. The van der Waals surface area contributed by atoms with Gasteiger partial charge in [-0.3, -0.25) is 14.7 Å². The van der Waals surface area contributed by atoms with Crippen LogP contribution in [0.2, 0.25) is 0 Å². The predicted octanol–water partition coefficient (Wildman–Crippen LogP) is 4.60. The van der Waals surface area contributed by atoms with Gasteiger partial charge >= 0.3 is 0 Å². The average Bonchev–Trinajstić information content (AvgIpc) is 3.61. The smallest absolute Gasteiger partial charge is 0.260 e. The van der Waals surface area contributed by atoms with Crippen LogP contribution in [0.4, 0.5) is 13.9 Å². The maximum absolute atomic E-state index is 14.3. The van der Waals surface area contributed by atoms with Crippen molar-refractivity contribution in [1.82, 2.24) is 14.3 Å². The highest BCUT2D eigenvalue weighted by Crippen LogP contribution is 2.33. The molecule has 35 heavy (non-hydrogen) atoms. The summed E-state index contributed by atoms with van der Waals surface area (Å²) >= 11 is 0.981. The number of anilines is 1. The molecule has 1 fully saturated rings. The summed E-state index contributed by atoms with van der Waals surface area (Å²) in [4.78, 5) is 23.5. The summed E-state index contributed by atoms with van der Waals surface area (Å²) in [6, 6.07) is 12.8. The summed E-state index contributed by atoms with van der Waals surface area (Å²) in [6.45, 7) is 0.0358. The molecule has 0 spiro atoms. The lowest BCUT2D eigenvalue weighted by Gasteiger charge is -2.20. The third-order valence-electron chi connectivity index (χ3n) is 5.76. The standard InChI is InChI=1S/C24H20F2N4O3S2/c1-29(18-7-8-18)35(32,33)19-9-5-15(6-10-19)23(31)30(14-17-4-2-3-11-27-17)24-28-22-20(26)12-16(25)13-21(22)34-24/h2-6,9-13,18H,7-8,14H2,1H3. The van der Waals surface area contributed by atoms with Crippen LogP contribution in [0.1, 0.15) is 28.9 Å². The Labute approximate surface area is 204 Å². The van der Waals surface area contributed by atoms with Crippen LogP contribution in [0.3, 0.4) is 0 Å². The van der Waals surface area contributed by atoms with E-state index >= 15 is 0 Å². The van der Waals surface area contributed by atoms with Crippen LogP contribution in [0.15, 0.2) is 65.7 Å². The summed E-state index contributed by atoms with van der Waals surface area (Å²) in [7, 11) is -2.10. The Morgan fingerprint density at radius 3 is 2.51 bits per heavy atom. The van der Waals surface area contributed by atoms with E-state index in [1.807, 2.05) is 0 Å². The maximum atomic E-state index is 14.3. The number of sulfonamides is 1. The van der Waals surface area contributed by atoms with E-state index in [1.165, 1.54) is 39.5 Å². The van der Waals surface area contributed by atoms with E-state index in [2.05, 4.69) is 9.97 Å². The summed E-state index contributed by atoms with van der Waals surface area (Å²) in [6.07, 6.45) is 3.25. The number of carbonyl (C=O) groups is 1. The maximum Gasteiger partial charge on any atom is 0.260 e. The normalized spacial score (nSPS) is 13.9. The molecule has 0 aliphatic heterocycles. The van der Waals surface area contributed by atoms with Gasteiger partial charge in [0, 0.05) is 30.9 Å². The Morgan fingerprint density at radius 1 is 1.11 bits per heavy atom. The Balaban J connectivity index is 1.50. The van der Waals surface area contributed by atoms with Gasteiger partial charge in [0.05, 0.1) is 21.8 Å². The van der Waals surface area contributed by atoms with Crippen molar-refractivity contribution in [2.45, 2.75) is 30.3 Å². The molecular formula is C24H20F2N4O3S2. The molecule has 2 aromatic carbocycles. The lowest BCUT2D eigenvalue weighted by Crippen LogP contribution is -2.31. The first kappa shape index (κ1) is 23.5. The number of aromatic nitrogens is 2. The third kappa shape index (κ3) is 4.66. The topological polar surface area (TPSA) is 83.5 Å². The number of thiazole rings is 1. The second-order valence-electron chi connectivity index (χ2n) is 8.22. The number of halogens is 2. The molecule has 1 aliphatic rings. The highest BCUT2D eigenvalue weighted by Gasteiger charge is 2.35. The van der Waals surface area contributed by atoms with Crippen molar-refractivity contribution in [2.75, 3.05) is 11.9 Å². The number of carbonyl (C=O) groups excluding carboxylic acids is 1. The van der Waals surface area contributed by atoms with Crippen molar-refractivity contribution in [3.05, 3.63) is 83.7 Å². The van der Waals surface area contributed by atoms with E-state index in [4.69, 9.17) is 0 Å². The van der Waals surface area contributed by atoms with E-state index in [0.717, 1.165) is 30.2 Å². The van der Waals surface area contributed by atoms with E-state index in [-0.39, 0.29) is 38.4 Å². The van der Waals surface area contributed by atoms with Crippen molar-refractivity contribution in [3.8, 4) is 0 Å². The van der Waals surface area contributed by atoms with Crippen molar-refractivity contribution in [3.63, 3.8) is 0 Å². The van der Waals surface area contributed by atoms with Gasteiger partial charge in [0.1, 0.15) is 11.3 Å². The van der Waals surface area contributed by atoms with Gasteiger partial charge in [0.15, 0.2) is 10.9 Å². The van der Waals surface area contributed by atoms with E-state index in [9.17, 15) is 22.0 Å². The fourth-order valence-electron chi connectivity index (χ4n) is 3.67. The lowest BCUT2D eigenvalue weighted by atomic mass is 10.2. The molecule has 0 bridgehead atoms. The highest BCUT2D eigenvalue weighted by molar-refractivity contribution is 7.89. The van der Waals surface area contributed by atoms with Crippen LogP contribution in [-0.2, 0) is 16.6 Å². The van der Waals surface area contributed by atoms with Crippen LogP contribution in [0, 0.1) is 11.6 Å². The van der Waals surface area contributed by atoms with Crippen molar-refractivity contribution in [1.29, 1.82) is 0 Å². The number of hydrogen-bond acceptors (Lipinski definition) is 6. The molecule has 1 aliphatic carbocycles. The molecule has 0 unspecified atom stereocenters. The minimum absolute atomic E-state index is 0.0134. The first-order valence-corrected chi connectivity index (χ1v) is 13.0. The van der Waals surface area contributed by atoms with Gasteiger partial charge in [0.2, 0.25) is 10.0 Å². The Kier molecular flexibility index (Phi) is 6.07. The van der Waals surface area contributed by atoms with Gasteiger partial charge < -0.3 is 0 Å². The molecule has 5 rings (SSSR count). The Bertz CT molecular complexity index is 1510. The van der Waals surface area contributed by atoms with Crippen LogP contribution in [0.25, 0.3) is 10.2 Å². The quantitative estimate of drug-likeness (QED) is 0.360. The summed E-state index contributed by atoms with van der Waals surface area (Å²) in [5, 5.41) is 0.172. The minimum Gasteiger partial charge on any atom is -0.278 e. The lowest BCUT2D eigenvalue weighted by molar-refractivity contribution is 0.0984. The highest BCUT2D eigenvalue weighted by atomic mass is 32.2. The molecule has 1 saturated carbocycles. The zero-order valence-corrected chi connectivity index (χ0v) is 20.2. The molecule has 11 heteroatoms. The molecule has 180 valence electrons. The second kappa shape index (κ2) is 9.06. The molecule has 4 aromatic rings. The van der Waals surface area contributed by atoms with E-state index in [1.54, 1.807) is 31.4 Å². The molecular weight excluding hydrogens is 494 g/mol. The van der Waals surface area contributed by atoms with Gasteiger partial charge in [-0.25, -0.2) is 22.2 Å². The van der Waals surface area contributed by atoms with Gasteiger partial charge in [-0.1, -0.05) is 17.4 Å².